The largest absolute Gasteiger partial charge is 0.274 e. The Bertz CT molecular complexity index is 1290. The van der Waals surface area contributed by atoms with Crippen molar-refractivity contribution in [1.29, 1.82) is 0 Å². The molecular weight excluding hydrogens is 400 g/mol. The van der Waals surface area contributed by atoms with Crippen LogP contribution < -0.4 is 15.7 Å². The lowest BCUT2D eigenvalue weighted by Gasteiger charge is -2.12. The molecule has 1 heterocycles. The lowest BCUT2D eigenvalue weighted by Crippen LogP contribution is -2.32. The van der Waals surface area contributed by atoms with E-state index in [4.69, 9.17) is 10.2 Å². The average Bonchev–Trinajstić information content (AvgIpc) is 3.07. The molecule has 1 aromatic heterocycles. The van der Waals surface area contributed by atoms with Crippen molar-refractivity contribution in [3.8, 4) is 16.9 Å². The number of aromatic nitrogens is 2. The Balaban J connectivity index is 1.99. The molecule has 1 aliphatic rings. The highest BCUT2D eigenvalue weighted by Gasteiger charge is 2.19. The van der Waals surface area contributed by atoms with Gasteiger partial charge in [0.2, 0.25) is 0 Å². The number of hydrogen-bond acceptors (Lipinski definition) is 3. The third kappa shape index (κ3) is 3.50. The molecule has 30 heavy (non-hydrogen) atoms. The van der Waals surface area contributed by atoms with Crippen LogP contribution in [0.15, 0.2) is 36.9 Å². The van der Waals surface area contributed by atoms with Gasteiger partial charge in [-0.2, -0.15) is 5.10 Å². The minimum Gasteiger partial charge on any atom is -0.274 e. The van der Waals surface area contributed by atoms with Crippen LogP contribution in [0, 0.1) is 31.4 Å². The van der Waals surface area contributed by atoms with Gasteiger partial charge in [0.25, 0.3) is 0 Å². The fourth-order valence-corrected chi connectivity index (χ4v) is 4.11. The van der Waals surface area contributed by atoms with E-state index >= 15 is 0 Å². The van der Waals surface area contributed by atoms with E-state index in [-0.39, 0.29) is 5.82 Å². The zero-order valence-electron chi connectivity index (χ0n) is 17.2. The van der Waals surface area contributed by atoms with Crippen molar-refractivity contribution in [3.05, 3.63) is 75.8 Å². The highest BCUT2D eigenvalue weighted by Crippen LogP contribution is 2.28. The molecule has 0 fully saturated rings. The first kappa shape index (κ1) is 20.6. The topological polar surface area (TPSA) is 43.8 Å². The molecule has 0 bridgehead atoms. The highest BCUT2D eigenvalue weighted by molar-refractivity contribution is 8.06. The molecular formula is C24H23F2N3S. The van der Waals surface area contributed by atoms with Crippen molar-refractivity contribution in [3.63, 3.8) is 0 Å². The monoisotopic (exact) mass is 423 g/mol. The van der Waals surface area contributed by atoms with Gasteiger partial charge in [0.1, 0.15) is 17.3 Å². The zero-order chi connectivity index (χ0) is 21.6. The van der Waals surface area contributed by atoms with E-state index in [1.165, 1.54) is 12.1 Å². The first-order valence-corrected chi connectivity index (χ1v) is 10.6. The van der Waals surface area contributed by atoms with Crippen molar-refractivity contribution >= 4 is 29.0 Å². The van der Waals surface area contributed by atoms with Gasteiger partial charge >= 0.3 is 0 Å². The quantitative estimate of drug-likeness (QED) is 0.623. The van der Waals surface area contributed by atoms with Gasteiger partial charge in [-0.25, -0.2) is 13.5 Å². The van der Waals surface area contributed by atoms with Crippen molar-refractivity contribution < 1.29 is 8.78 Å². The standard InChI is InChI=1S/C24H23F2N3S/c1-13-6-8-22-19(9-13)24(17-7-5-14(2)10-20(17)25)28-29(22)23-12-21(26)18(11-15(23)3)16(4)30-27/h5,7-13H,4,6,27H2,1-3H3. The maximum atomic E-state index is 14.8. The predicted molar refractivity (Wildman–Crippen MR) is 121 cm³/mol. The minimum absolute atomic E-state index is 0.313. The zero-order valence-corrected chi connectivity index (χ0v) is 18.0. The summed E-state index contributed by atoms with van der Waals surface area (Å²) in [6.45, 7) is 9.66. The van der Waals surface area contributed by atoms with Crippen molar-refractivity contribution in [2.24, 2.45) is 11.1 Å². The Hall–Kier alpha value is -2.70. The van der Waals surface area contributed by atoms with Crippen molar-refractivity contribution in [2.75, 3.05) is 0 Å². The van der Waals surface area contributed by atoms with Crippen LogP contribution in [0.5, 0.6) is 0 Å². The summed E-state index contributed by atoms with van der Waals surface area (Å²) in [6.07, 6.45) is 5.04. The third-order valence-corrected chi connectivity index (χ3v) is 5.93. The van der Waals surface area contributed by atoms with Crippen LogP contribution in [0.1, 0.15) is 30.0 Å². The Morgan fingerprint density at radius 2 is 1.97 bits per heavy atom. The van der Waals surface area contributed by atoms with E-state index in [1.807, 2.05) is 19.9 Å². The predicted octanol–water partition coefficient (Wildman–Crippen LogP) is 4.61. The van der Waals surface area contributed by atoms with Crippen LogP contribution in [0.4, 0.5) is 8.78 Å². The van der Waals surface area contributed by atoms with Gasteiger partial charge in [-0.1, -0.05) is 31.7 Å². The summed E-state index contributed by atoms with van der Waals surface area (Å²) in [5, 5.41) is 12.0. The summed E-state index contributed by atoms with van der Waals surface area (Å²) in [7, 11) is 0. The molecule has 2 aromatic carbocycles. The van der Waals surface area contributed by atoms with Crippen LogP contribution in [-0.2, 0) is 0 Å². The molecule has 1 aliphatic carbocycles. The summed E-state index contributed by atoms with van der Waals surface area (Å²) >= 11 is 0.920. The summed E-state index contributed by atoms with van der Waals surface area (Å²) < 4.78 is 31.3. The Morgan fingerprint density at radius 3 is 2.67 bits per heavy atom. The molecule has 4 rings (SSSR count). The van der Waals surface area contributed by atoms with Gasteiger partial charge in [-0.3, -0.25) is 5.14 Å². The number of nitrogens with zero attached hydrogens (tertiary/aromatic N) is 2. The second-order valence-corrected chi connectivity index (χ2v) is 8.51. The maximum absolute atomic E-state index is 14.8. The number of benzene rings is 2. The molecule has 0 amide bonds. The van der Waals surface area contributed by atoms with E-state index < -0.39 is 5.82 Å². The molecule has 0 spiro atoms. The molecule has 1 atom stereocenters. The van der Waals surface area contributed by atoms with Crippen LogP contribution in [-0.4, -0.2) is 9.78 Å². The molecule has 0 saturated carbocycles. The number of fused-ring (bicyclic) bond motifs is 1. The van der Waals surface area contributed by atoms with E-state index in [0.29, 0.717) is 33.3 Å². The number of halogens is 2. The van der Waals surface area contributed by atoms with Crippen molar-refractivity contribution in [1.82, 2.24) is 9.78 Å². The summed E-state index contributed by atoms with van der Waals surface area (Å²) in [4.78, 5) is 0.459. The highest BCUT2D eigenvalue weighted by atomic mass is 32.2. The lowest BCUT2D eigenvalue weighted by molar-refractivity contribution is 0.620. The van der Waals surface area contributed by atoms with Gasteiger partial charge in [-0.05, 0) is 67.5 Å². The second kappa shape index (κ2) is 7.85. The molecule has 0 radical (unpaired) electrons. The number of aryl methyl sites for hydroxylation is 2. The van der Waals surface area contributed by atoms with Gasteiger partial charge in [0.15, 0.2) is 0 Å². The Kier molecular flexibility index (Phi) is 5.38. The van der Waals surface area contributed by atoms with E-state index in [0.717, 1.165) is 40.1 Å². The fourth-order valence-electron chi connectivity index (χ4n) is 3.83. The number of hydrogen-bond donors (Lipinski definition) is 1. The Labute approximate surface area is 178 Å². The van der Waals surface area contributed by atoms with Crippen LogP contribution in [0.3, 0.4) is 0 Å². The van der Waals surface area contributed by atoms with E-state index in [9.17, 15) is 8.78 Å². The van der Waals surface area contributed by atoms with E-state index in [1.54, 1.807) is 16.8 Å². The average molecular weight is 424 g/mol. The molecule has 0 saturated heterocycles. The van der Waals surface area contributed by atoms with Crippen LogP contribution in [0.2, 0.25) is 0 Å². The first-order chi connectivity index (χ1) is 14.3. The molecule has 1 unspecified atom stereocenters. The number of rotatable bonds is 4. The van der Waals surface area contributed by atoms with Crippen molar-refractivity contribution in [2.45, 2.75) is 27.2 Å². The van der Waals surface area contributed by atoms with Gasteiger partial charge < -0.3 is 0 Å². The summed E-state index contributed by atoms with van der Waals surface area (Å²) in [5.41, 5.74) is 3.67. The molecule has 3 nitrogen and oxygen atoms in total. The molecule has 2 N–H and O–H groups in total. The summed E-state index contributed by atoms with van der Waals surface area (Å²) in [6, 6.07) is 8.30. The first-order valence-electron chi connectivity index (χ1n) is 9.74. The Morgan fingerprint density at radius 1 is 1.20 bits per heavy atom. The molecule has 6 heteroatoms. The molecule has 3 aromatic rings. The maximum Gasteiger partial charge on any atom is 0.133 e. The fraction of sp³-hybridized carbons (Fsp3) is 0.208. The summed E-state index contributed by atoms with van der Waals surface area (Å²) in [5.74, 6) is -0.421. The molecule has 0 aliphatic heterocycles. The normalized spacial score (nSPS) is 15.3. The van der Waals surface area contributed by atoms with Gasteiger partial charge in [0.05, 0.1) is 11.0 Å². The molecule has 154 valence electrons. The number of nitrogens with two attached hydrogens (primary N) is 1. The van der Waals surface area contributed by atoms with E-state index in [2.05, 4.69) is 25.7 Å². The van der Waals surface area contributed by atoms with Crippen LogP contribution in [0.25, 0.3) is 34.0 Å². The third-order valence-electron chi connectivity index (χ3n) is 5.43. The van der Waals surface area contributed by atoms with Gasteiger partial charge in [0, 0.05) is 27.3 Å². The SMILES string of the molecule is C=C(SN)c1cc(C)c(-n2nc(-c3ccc(C)cc3F)c3c2=CCC(C)C=3)cc1F. The van der Waals surface area contributed by atoms with Crippen LogP contribution >= 0.6 is 11.9 Å². The smallest absolute Gasteiger partial charge is 0.133 e. The van der Waals surface area contributed by atoms with Gasteiger partial charge in [-0.15, -0.1) is 0 Å². The minimum atomic E-state index is -0.418. The second-order valence-electron chi connectivity index (χ2n) is 7.79. The lowest BCUT2D eigenvalue weighted by atomic mass is 9.99.